The number of esters is 2. The lowest BCUT2D eigenvalue weighted by molar-refractivity contribution is -0.144. The van der Waals surface area contributed by atoms with Crippen LogP contribution in [0.1, 0.15) is 76.8 Å². The molecule has 0 fully saturated rings. The molecule has 3 aromatic rings. The van der Waals surface area contributed by atoms with E-state index in [-0.39, 0.29) is 23.3 Å². The van der Waals surface area contributed by atoms with Crippen LogP contribution in [0.15, 0.2) is 65.6 Å². The molecule has 0 aliphatic heterocycles. The first-order valence-corrected chi connectivity index (χ1v) is 18.8. The van der Waals surface area contributed by atoms with Gasteiger partial charge in [-0.05, 0) is 105 Å². The van der Waals surface area contributed by atoms with Gasteiger partial charge in [0.25, 0.3) is 0 Å². The van der Waals surface area contributed by atoms with Crippen molar-refractivity contribution in [3.05, 3.63) is 71.8 Å². The molecule has 0 spiro atoms. The quantitative estimate of drug-likeness (QED) is 0.0783. The van der Waals surface area contributed by atoms with Crippen LogP contribution in [0.3, 0.4) is 0 Å². The average Bonchev–Trinajstić information content (AvgIpc) is 3.06. The smallest absolute Gasteiger partial charge is 0.306 e. The highest BCUT2D eigenvalue weighted by molar-refractivity contribution is 7.90. The van der Waals surface area contributed by atoms with Crippen molar-refractivity contribution in [1.29, 1.82) is 0 Å². The van der Waals surface area contributed by atoms with Gasteiger partial charge < -0.3 is 23.7 Å². The van der Waals surface area contributed by atoms with Gasteiger partial charge in [0.2, 0.25) is 0 Å². The number of benzene rings is 3. The van der Waals surface area contributed by atoms with Gasteiger partial charge in [-0.3, -0.25) is 9.59 Å². The van der Waals surface area contributed by atoms with E-state index in [0.717, 1.165) is 60.1 Å². The Kier molecular flexibility index (Phi) is 16.3. The maximum absolute atomic E-state index is 12.1. The van der Waals surface area contributed by atoms with Crippen LogP contribution < -0.4 is 14.2 Å². The highest BCUT2D eigenvalue weighted by Crippen LogP contribution is 2.31. The fourth-order valence-corrected chi connectivity index (χ4v) is 5.91. The molecule has 0 N–H and O–H groups in total. The number of unbranched alkanes of at least 4 members (excludes halogenated alkanes) is 3. The Balaban J connectivity index is 1.53. The van der Waals surface area contributed by atoms with Gasteiger partial charge in [-0.1, -0.05) is 37.1 Å². The number of carbonyl (C=O) groups is 2. The van der Waals surface area contributed by atoms with Crippen molar-refractivity contribution in [2.45, 2.75) is 83.5 Å². The van der Waals surface area contributed by atoms with Gasteiger partial charge >= 0.3 is 11.9 Å². The lowest BCUT2D eigenvalue weighted by atomic mass is 9.96. The summed E-state index contributed by atoms with van der Waals surface area (Å²) in [6.45, 7) is 7.69. The molecule has 0 saturated heterocycles. The van der Waals surface area contributed by atoms with Crippen molar-refractivity contribution >= 4 is 21.8 Å². The number of sulfone groups is 1. The van der Waals surface area contributed by atoms with Crippen LogP contribution in [0.4, 0.5) is 0 Å². The molecule has 0 bridgehead atoms. The van der Waals surface area contributed by atoms with Gasteiger partial charge in [0.1, 0.15) is 17.2 Å². The Morgan fingerprint density at radius 2 is 1.27 bits per heavy atom. The molecule has 0 radical (unpaired) electrons. The minimum atomic E-state index is -3.27. The molecule has 0 amide bonds. The largest absolute Gasteiger partial charge is 0.494 e. The Morgan fingerprint density at radius 3 is 1.94 bits per heavy atom. The van der Waals surface area contributed by atoms with E-state index in [1.807, 2.05) is 37.3 Å². The molecule has 10 heteroatoms. The van der Waals surface area contributed by atoms with Crippen molar-refractivity contribution in [3.8, 4) is 28.4 Å². The molecule has 0 aromatic heterocycles. The standard InChI is InChI=1S/C38H50O9S/c1-5-43-32-26-31(29-18-20-34(21-19-29)48(4,41)42)27-33(28-32)46-24-11-9-8-10-14-30-15-12-16-36(35(30)22-23-38(40)45-7-3)47-25-13-17-37(39)44-6-2/h12,15-16,18-21,26-28H,5-11,13-14,17,22-25H2,1-4H3. The highest BCUT2D eigenvalue weighted by Gasteiger charge is 2.14. The van der Waals surface area contributed by atoms with Crippen LogP contribution in [0.2, 0.25) is 0 Å². The number of carbonyl (C=O) groups excluding carboxylic acids is 2. The van der Waals surface area contributed by atoms with Gasteiger partial charge in [0.05, 0.1) is 37.9 Å². The van der Waals surface area contributed by atoms with Crippen molar-refractivity contribution in [3.63, 3.8) is 0 Å². The van der Waals surface area contributed by atoms with Gasteiger partial charge in [-0.2, -0.15) is 0 Å². The van der Waals surface area contributed by atoms with Crippen molar-refractivity contribution < 1.29 is 41.7 Å². The third kappa shape index (κ3) is 13.2. The van der Waals surface area contributed by atoms with Crippen molar-refractivity contribution in [1.82, 2.24) is 0 Å². The molecule has 0 unspecified atom stereocenters. The van der Waals surface area contributed by atoms with E-state index in [4.69, 9.17) is 23.7 Å². The summed E-state index contributed by atoms with van der Waals surface area (Å²) in [6.07, 6.45) is 7.59. The van der Waals surface area contributed by atoms with E-state index in [1.54, 1.807) is 38.1 Å². The van der Waals surface area contributed by atoms with E-state index in [2.05, 4.69) is 6.07 Å². The minimum Gasteiger partial charge on any atom is -0.494 e. The number of ether oxygens (including phenoxy) is 5. The second-order valence-corrected chi connectivity index (χ2v) is 13.4. The molecule has 0 heterocycles. The normalized spacial score (nSPS) is 11.2. The van der Waals surface area contributed by atoms with Crippen LogP contribution in [0.5, 0.6) is 17.2 Å². The monoisotopic (exact) mass is 682 g/mol. The Morgan fingerprint density at radius 1 is 0.625 bits per heavy atom. The SMILES string of the molecule is CCOC(=O)CCCOc1cccc(CCCCCCOc2cc(OCC)cc(-c3ccc(S(C)(=O)=O)cc3)c2)c1CCC(=O)OCC. The first-order chi connectivity index (χ1) is 23.1. The van der Waals surface area contributed by atoms with Crippen LogP contribution >= 0.6 is 0 Å². The fourth-order valence-electron chi connectivity index (χ4n) is 5.28. The zero-order valence-corrected chi connectivity index (χ0v) is 29.6. The number of hydrogen-bond acceptors (Lipinski definition) is 9. The molecule has 0 aliphatic rings. The van der Waals surface area contributed by atoms with Crippen LogP contribution in [-0.2, 0) is 41.7 Å². The Bertz CT molecular complexity index is 1550. The number of hydrogen-bond donors (Lipinski definition) is 0. The Hall–Kier alpha value is -4.05. The summed E-state index contributed by atoms with van der Waals surface area (Å²) in [5.41, 5.74) is 3.94. The molecular formula is C38H50O9S. The van der Waals surface area contributed by atoms with Crippen molar-refractivity contribution in [2.75, 3.05) is 39.3 Å². The topological polar surface area (TPSA) is 114 Å². The van der Waals surface area contributed by atoms with Crippen molar-refractivity contribution in [2.24, 2.45) is 0 Å². The van der Waals surface area contributed by atoms with E-state index in [0.29, 0.717) is 63.8 Å². The third-order valence-electron chi connectivity index (χ3n) is 7.62. The molecule has 48 heavy (non-hydrogen) atoms. The maximum Gasteiger partial charge on any atom is 0.306 e. The molecule has 9 nitrogen and oxygen atoms in total. The molecule has 0 saturated carbocycles. The summed E-state index contributed by atoms with van der Waals surface area (Å²) in [5.74, 6) is 1.68. The summed E-state index contributed by atoms with van der Waals surface area (Å²) >= 11 is 0. The lowest BCUT2D eigenvalue weighted by Crippen LogP contribution is -2.10. The lowest BCUT2D eigenvalue weighted by Gasteiger charge is -2.16. The van der Waals surface area contributed by atoms with Crippen LogP contribution in [0.25, 0.3) is 11.1 Å². The molecule has 262 valence electrons. The average molecular weight is 683 g/mol. The van der Waals surface area contributed by atoms with Gasteiger partial charge in [0, 0.05) is 25.2 Å². The molecule has 3 rings (SSSR count). The summed E-state index contributed by atoms with van der Waals surface area (Å²) < 4.78 is 51.8. The Labute approximate surface area is 285 Å². The summed E-state index contributed by atoms with van der Waals surface area (Å²) in [7, 11) is -3.27. The third-order valence-corrected chi connectivity index (χ3v) is 8.75. The summed E-state index contributed by atoms with van der Waals surface area (Å²) in [4.78, 5) is 24.1. The zero-order valence-electron chi connectivity index (χ0n) is 28.8. The second-order valence-electron chi connectivity index (χ2n) is 11.4. The fraction of sp³-hybridized carbons (Fsp3) is 0.474. The van der Waals surface area contributed by atoms with E-state index < -0.39 is 9.84 Å². The predicted octanol–water partition coefficient (Wildman–Crippen LogP) is 7.56. The van der Waals surface area contributed by atoms with Crippen LogP contribution in [-0.4, -0.2) is 59.6 Å². The minimum absolute atomic E-state index is 0.231. The van der Waals surface area contributed by atoms with Gasteiger partial charge in [0.15, 0.2) is 9.84 Å². The first-order valence-electron chi connectivity index (χ1n) is 16.9. The number of rotatable bonds is 22. The summed E-state index contributed by atoms with van der Waals surface area (Å²) in [5, 5.41) is 0. The summed E-state index contributed by atoms with van der Waals surface area (Å²) in [6, 6.07) is 18.5. The molecule has 0 atom stereocenters. The first kappa shape index (κ1) is 38.4. The van der Waals surface area contributed by atoms with E-state index in [1.165, 1.54) is 6.26 Å². The second kappa shape index (κ2) is 20.3. The molecule has 3 aromatic carbocycles. The molecule has 0 aliphatic carbocycles. The highest BCUT2D eigenvalue weighted by atomic mass is 32.2. The predicted molar refractivity (Wildman–Crippen MR) is 187 cm³/mol. The number of aryl methyl sites for hydroxylation is 1. The van der Waals surface area contributed by atoms with Crippen LogP contribution in [0, 0.1) is 0 Å². The maximum atomic E-state index is 12.1. The molecular weight excluding hydrogens is 632 g/mol. The van der Waals surface area contributed by atoms with E-state index >= 15 is 0 Å². The van der Waals surface area contributed by atoms with E-state index in [9.17, 15) is 18.0 Å². The van der Waals surface area contributed by atoms with Gasteiger partial charge in [-0.25, -0.2) is 8.42 Å². The zero-order chi connectivity index (χ0) is 34.8. The van der Waals surface area contributed by atoms with Gasteiger partial charge in [-0.15, -0.1) is 0 Å².